The van der Waals surface area contributed by atoms with E-state index in [0.717, 1.165) is 31.7 Å². The summed E-state index contributed by atoms with van der Waals surface area (Å²) in [5.74, 6) is 0.908. The Balaban J connectivity index is 2.63. The topological polar surface area (TPSA) is 39.1 Å². The molecule has 0 saturated carbocycles. The molecule has 0 bridgehead atoms. The van der Waals surface area contributed by atoms with Crippen LogP contribution in [0, 0.1) is 0 Å². The normalized spacial score (nSPS) is 11.1. The van der Waals surface area contributed by atoms with E-state index >= 15 is 0 Å². The number of hydrogen-bond acceptors (Lipinski definition) is 3. The monoisotopic (exact) mass is 225 g/mol. The van der Waals surface area contributed by atoms with Gasteiger partial charge >= 0.3 is 0 Å². The first-order chi connectivity index (χ1) is 7.70. The Labute approximate surface area is 98.0 Å². The SMILES string of the molecule is CCNCCCc1c(OC)cnn1C(C)C. The van der Waals surface area contributed by atoms with E-state index < -0.39 is 0 Å². The molecule has 0 aliphatic heterocycles. The largest absolute Gasteiger partial charge is 0.493 e. The molecule has 0 fully saturated rings. The molecule has 0 atom stereocenters. The number of methoxy groups -OCH3 is 1. The molecule has 0 saturated heterocycles. The summed E-state index contributed by atoms with van der Waals surface area (Å²) in [6.07, 6.45) is 3.93. The Bertz CT molecular complexity index is 307. The van der Waals surface area contributed by atoms with Gasteiger partial charge in [0.25, 0.3) is 0 Å². The quantitative estimate of drug-likeness (QED) is 0.722. The highest BCUT2D eigenvalue weighted by molar-refractivity contribution is 5.25. The van der Waals surface area contributed by atoms with Crippen molar-refractivity contribution >= 4 is 0 Å². The zero-order valence-corrected chi connectivity index (χ0v) is 10.8. The van der Waals surface area contributed by atoms with E-state index in [1.807, 2.05) is 10.9 Å². The minimum atomic E-state index is 0.387. The van der Waals surface area contributed by atoms with E-state index in [2.05, 4.69) is 31.2 Å². The van der Waals surface area contributed by atoms with Crippen LogP contribution >= 0.6 is 0 Å². The van der Waals surface area contributed by atoms with Crippen LogP contribution in [0.5, 0.6) is 5.75 Å². The second-order valence-corrected chi connectivity index (χ2v) is 4.16. The molecule has 0 radical (unpaired) electrons. The lowest BCUT2D eigenvalue weighted by molar-refractivity contribution is 0.403. The average molecular weight is 225 g/mol. The van der Waals surface area contributed by atoms with Crippen LogP contribution in [0.25, 0.3) is 0 Å². The molecule has 0 amide bonds. The highest BCUT2D eigenvalue weighted by Gasteiger charge is 2.12. The van der Waals surface area contributed by atoms with Gasteiger partial charge in [-0.15, -0.1) is 0 Å². The average Bonchev–Trinajstić information content (AvgIpc) is 2.67. The lowest BCUT2D eigenvalue weighted by Crippen LogP contribution is -2.16. The molecule has 1 aromatic heterocycles. The van der Waals surface area contributed by atoms with Gasteiger partial charge in [0.05, 0.1) is 19.0 Å². The Morgan fingerprint density at radius 1 is 1.50 bits per heavy atom. The molecule has 4 heteroatoms. The summed E-state index contributed by atoms with van der Waals surface area (Å²) in [4.78, 5) is 0. The summed E-state index contributed by atoms with van der Waals surface area (Å²) in [6, 6.07) is 0.387. The first-order valence-electron chi connectivity index (χ1n) is 6.01. The molecular formula is C12H23N3O. The summed E-state index contributed by atoms with van der Waals surface area (Å²) in [6.45, 7) is 8.48. The number of hydrogen-bond donors (Lipinski definition) is 1. The Kier molecular flexibility index (Phi) is 5.32. The molecule has 0 aliphatic carbocycles. The van der Waals surface area contributed by atoms with Gasteiger partial charge in [0.15, 0.2) is 5.75 Å². The summed E-state index contributed by atoms with van der Waals surface area (Å²) in [5, 5.41) is 7.68. The minimum Gasteiger partial charge on any atom is -0.493 e. The third kappa shape index (κ3) is 3.23. The van der Waals surface area contributed by atoms with Crippen LogP contribution in [0.15, 0.2) is 6.20 Å². The molecule has 1 heterocycles. The standard InChI is InChI=1S/C12H23N3O/c1-5-13-8-6-7-11-12(16-4)9-14-15(11)10(2)3/h9-10,13H,5-8H2,1-4H3. The Morgan fingerprint density at radius 2 is 2.25 bits per heavy atom. The summed E-state index contributed by atoms with van der Waals surface area (Å²) in [5.41, 5.74) is 1.20. The Hall–Kier alpha value is -1.03. The fourth-order valence-corrected chi connectivity index (χ4v) is 1.78. The fraction of sp³-hybridized carbons (Fsp3) is 0.750. The van der Waals surface area contributed by atoms with Crippen LogP contribution in [-0.2, 0) is 6.42 Å². The summed E-state index contributed by atoms with van der Waals surface area (Å²) < 4.78 is 7.38. The molecule has 0 spiro atoms. The Morgan fingerprint density at radius 3 is 2.81 bits per heavy atom. The third-order valence-corrected chi connectivity index (χ3v) is 2.59. The zero-order valence-electron chi connectivity index (χ0n) is 10.8. The van der Waals surface area contributed by atoms with Crippen LogP contribution in [0.2, 0.25) is 0 Å². The van der Waals surface area contributed by atoms with Gasteiger partial charge in [0.1, 0.15) is 0 Å². The van der Waals surface area contributed by atoms with Crippen molar-refractivity contribution in [1.82, 2.24) is 15.1 Å². The highest BCUT2D eigenvalue weighted by atomic mass is 16.5. The molecule has 1 aromatic rings. The van der Waals surface area contributed by atoms with Gasteiger partial charge in [-0.2, -0.15) is 5.10 Å². The molecule has 4 nitrogen and oxygen atoms in total. The molecule has 16 heavy (non-hydrogen) atoms. The van der Waals surface area contributed by atoms with Gasteiger partial charge in [-0.3, -0.25) is 4.68 Å². The third-order valence-electron chi connectivity index (χ3n) is 2.59. The van der Waals surface area contributed by atoms with E-state index in [1.54, 1.807) is 7.11 Å². The summed E-state index contributed by atoms with van der Waals surface area (Å²) in [7, 11) is 1.70. The maximum absolute atomic E-state index is 5.33. The van der Waals surface area contributed by atoms with Crippen molar-refractivity contribution in [3.63, 3.8) is 0 Å². The van der Waals surface area contributed by atoms with Crippen LogP contribution in [-0.4, -0.2) is 30.0 Å². The molecule has 0 aromatic carbocycles. The second kappa shape index (κ2) is 6.53. The van der Waals surface area contributed by atoms with Gasteiger partial charge in [-0.05, 0) is 39.8 Å². The number of aromatic nitrogens is 2. The molecule has 0 aliphatic rings. The van der Waals surface area contributed by atoms with E-state index in [0.29, 0.717) is 6.04 Å². The van der Waals surface area contributed by atoms with Crippen LogP contribution < -0.4 is 10.1 Å². The maximum Gasteiger partial charge on any atom is 0.159 e. The van der Waals surface area contributed by atoms with Crippen LogP contribution in [0.4, 0.5) is 0 Å². The van der Waals surface area contributed by atoms with Crippen molar-refractivity contribution < 1.29 is 4.74 Å². The molecule has 92 valence electrons. The highest BCUT2D eigenvalue weighted by Crippen LogP contribution is 2.22. The van der Waals surface area contributed by atoms with Crippen LogP contribution in [0.3, 0.4) is 0 Å². The van der Waals surface area contributed by atoms with E-state index in [1.165, 1.54) is 5.69 Å². The zero-order chi connectivity index (χ0) is 12.0. The molecule has 1 rings (SSSR count). The molecular weight excluding hydrogens is 202 g/mol. The maximum atomic E-state index is 5.33. The number of rotatable bonds is 7. The molecule has 0 unspecified atom stereocenters. The lowest BCUT2D eigenvalue weighted by atomic mass is 10.2. The van der Waals surface area contributed by atoms with Gasteiger partial charge in [0.2, 0.25) is 0 Å². The van der Waals surface area contributed by atoms with Crippen molar-refractivity contribution in [2.75, 3.05) is 20.2 Å². The van der Waals surface area contributed by atoms with Gasteiger partial charge in [-0.25, -0.2) is 0 Å². The van der Waals surface area contributed by atoms with Crippen molar-refractivity contribution in [3.8, 4) is 5.75 Å². The van der Waals surface area contributed by atoms with Crippen molar-refractivity contribution in [1.29, 1.82) is 0 Å². The smallest absolute Gasteiger partial charge is 0.159 e. The van der Waals surface area contributed by atoms with Crippen molar-refractivity contribution in [2.45, 2.75) is 39.7 Å². The van der Waals surface area contributed by atoms with Gasteiger partial charge in [-0.1, -0.05) is 6.92 Å². The first kappa shape index (κ1) is 13.0. The number of nitrogens with one attached hydrogen (secondary N) is 1. The first-order valence-corrected chi connectivity index (χ1v) is 6.01. The van der Waals surface area contributed by atoms with Gasteiger partial charge in [0, 0.05) is 6.04 Å². The number of nitrogens with zero attached hydrogens (tertiary/aromatic N) is 2. The molecule has 1 N–H and O–H groups in total. The number of ether oxygens (including phenoxy) is 1. The predicted molar refractivity (Wildman–Crippen MR) is 66.0 cm³/mol. The van der Waals surface area contributed by atoms with Crippen LogP contribution in [0.1, 0.15) is 38.9 Å². The lowest BCUT2D eigenvalue weighted by Gasteiger charge is -2.12. The fourth-order valence-electron chi connectivity index (χ4n) is 1.78. The van der Waals surface area contributed by atoms with E-state index in [4.69, 9.17) is 4.74 Å². The second-order valence-electron chi connectivity index (χ2n) is 4.16. The van der Waals surface area contributed by atoms with Crippen molar-refractivity contribution in [2.24, 2.45) is 0 Å². The predicted octanol–water partition coefficient (Wildman–Crippen LogP) is 2.01. The van der Waals surface area contributed by atoms with Gasteiger partial charge < -0.3 is 10.1 Å². The summed E-state index contributed by atoms with van der Waals surface area (Å²) >= 11 is 0. The van der Waals surface area contributed by atoms with Crippen molar-refractivity contribution in [3.05, 3.63) is 11.9 Å². The van der Waals surface area contributed by atoms with E-state index in [-0.39, 0.29) is 0 Å². The minimum absolute atomic E-state index is 0.387. The van der Waals surface area contributed by atoms with E-state index in [9.17, 15) is 0 Å².